The normalized spacial score (nSPS) is 14.0. The minimum Gasteiger partial charge on any atom is -0.492 e. The van der Waals surface area contributed by atoms with Crippen molar-refractivity contribution in [2.75, 3.05) is 18.5 Å². The van der Waals surface area contributed by atoms with E-state index in [1.807, 2.05) is 24.3 Å². The van der Waals surface area contributed by atoms with Crippen molar-refractivity contribution >= 4 is 11.5 Å². The number of nitrogens with zero attached hydrogens (tertiary/aromatic N) is 1. The molecule has 0 radical (unpaired) electrons. The molecule has 1 aromatic carbocycles. The monoisotopic (exact) mass is 286 g/mol. The van der Waals surface area contributed by atoms with Crippen LogP contribution in [0.3, 0.4) is 0 Å². The highest BCUT2D eigenvalue weighted by molar-refractivity contribution is 5.57. The molecule has 6 heteroatoms. The Labute approximate surface area is 122 Å². The Morgan fingerprint density at radius 2 is 2.24 bits per heavy atom. The van der Waals surface area contributed by atoms with E-state index in [-0.39, 0.29) is 5.56 Å². The molecule has 2 aromatic rings. The number of aromatic amines is 1. The number of hydrogen-bond acceptors (Lipinski definition) is 5. The van der Waals surface area contributed by atoms with Gasteiger partial charge in [-0.25, -0.2) is 4.98 Å². The summed E-state index contributed by atoms with van der Waals surface area (Å²) in [6, 6.07) is 8.95. The Hall–Kier alpha value is -2.34. The average Bonchev–Trinajstić information content (AvgIpc) is 3.29. The van der Waals surface area contributed by atoms with Gasteiger partial charge in [0.15, 0.2) is 0 Å². The molecule has 1 saturated carbocycles. The number of ether oxygens (including phenoxy) is 1. The first kappa shape index (κ1) is 13.6. The van der Waals surface area contributed by atoms with Crippen molar-refractivity contribution in [3.05, 3.63) is 46.5 Å². The topological polar surface area (TPSA) is 93.0 Å². The average molecular weight is 286 g/mol. The minimum absolute atomic E-state index is 0.134. The molecular weight excluding hydrogens is 268 g/mol. The van der Waals surface area contributed by atoms with Gasteiger partial charge in [-0.05, 0) is 25.0 Å². The maximum Gasteiger partial charge on any atom is 0.252 e. The van der Waals surface area contributed by atoms with Crippen LogP contribution in [-0.2, 0) is 0 Å². The Morgan fingerprint density at radius 3 is 3.00 bits per heavy atom. The van der Waals surface area contributed by atoms with Gasteiger partial charge in [-0.15, -0.1) is 0 Å². The van der Waals surface area contributed by atoms with Crippen molar-refractivity contribution in [1.29, 1.82) is 0 Å². The maximum atomic E-state index is 11.7. The van der Waals surface area contributed by atoms with Crippen molar-refractivity contribution in [1.82, 2.24) is 9.97 Å². The predicted molar refractivity (Wildman–Crippen MR) is 81.1 cm³/mol. The summed E-state index contributed by atoms with van der Waals surface area (Å²) in [5.74, 6) is 2.45. The second kappa shape index (κ2) is 5.97. The molecule has 0 aliphatic heterocycles. The zero-order chi connectivity index (χ0) is 14.7. The third-order valence-corrected chi connectivity index (χ3v) is 3.22. The van der Waals surface area contributed by atoms with Gasteiger partial charge in [0.2, 0.25) is 0 Å². The first-order valence-electron chi connectivity index (χ1n) is 7.06. The SMILES string of the molecule is NCCOc1cccc(Nc2cc(=O)[nH]c(C3CC3)n2)c1. The molecule has 1 fully saturated rings. The van der Waals surface area contributed by atoms with Gasteiger partial charge < -0.3 is 20.8 Å². The van der Waals surface area contributed by atoms with E-state index in [0.717, 1.165) is 30.1 Å². The van der Waals surface area contributed by atoms with E-state index in [4.69, 9.17) is 10.5 Å². The lowest BCUT2D eigenvalue weighted by atomic mass is 10.3. The predicted octanol–water partition coefficient (Wildman–Crippen LogP) is 1.73. The smallest absolute Gasteiger partial charge is 0.252 e. The van der Waals surface area contributed by atoms with Crippen molar-refractivity contribution in [3.8, 4) is 5.75 Å². The Balaban J connectivity index is 1.78. The number of nitrogens with one attached hydrogen (secondary N) is 2. The summed E-state index contributed by atoms with van der Waals surface area (Å²) in [6.45, 7) is 0.941. The highest BCUT2D eigenvalue weighted by atomic mass is 16.5. The van der Waals surface area contributed by atoms with Crippen LogP contribution in [0.25, 0.3) is 0 Å². The first-order chi connectivity index (χ1) is 10.2. The zero-order valence-electron chi connectivity index (χ0n) is 11.6. The number of anilines is 2. The van der Waals surface area contributed by atoms with Crippen LogP contribution in [0, 0.1) is 0 Å². The summed E-state index contributed by atoms with van der Waals surface area (Å²) in [5, 5.41) is 3.14. The van der Waals surface area contributed by atoms with Crippen molar-refractivity contribution in [2.45, 2.75) is 18.8 Å². The summed E-state index contributed by atoms with van der Waals surface area (Å²) in [5.41, 5.74) is 6.11. The number of nitrogens with two attached hydrogens (primary N) is 1. The summed E-state index contributed by atoms with van der Waals surface area (Å²) < 4.78 is 5.48. The van der Waals surface area contributed by atoms with Crippen LogP contribution in [0.2, 0.25) is 0 Å². The van der Waals surface area contributed by atoms with E-state index < -0.39 is 0 Å². The number of H-pyrrole nitrogens is 1. The second-order valence-corrected chi connectivity index (χ2v) is 5.08. The molecule has 0 spiro atoms. The molecule has 110 valence electrons. The molecule has 21 heavy (non-hydrogen) atoms. The van der Waals surface area contributed by atoms with Gasteiger partial charge in [0.05, 0.1) is 0 Å². The molecule has 6 nitrogen and oxygen atoms in total. The van der Waals surface area contributed by atoms with Crippen LogP contribution in [0.4, 0.5) is 11.5 Å². The lowest BCUT2D eigenvalue weighted by molar-refractivity contribution is 0.328. The quantitative estimate of drug-likeness (QED) is 0.752. The zero-order valence-corrected chi connectivity index (χ0v) is 11.6. The lowest BCUT2D eigenvalue weighted by Crippen LogP contribution is -2.12. The highest BCUT2D eigenvalue weighted by Gasteiger charge is 2.26. The van der Waals surface area contributed by atoms with Gasteiger partial charge in [-0.2, -0.15) is 0 Å². The summed E-state index contributed by atoms with van der Waals surface area (Å²) >= 11 is 0. The highest BCUT2D eigenvalue weighted by Crippen LogP contribution is 2.37. The van der Waals surface area contributed by atoms with Crippen LogP contribution in [0.15, 0.2) is 35.1 Å². The molecule has 0 saturated heterocycles. The Kier molecular flexibility index (Phi) is 3.87. The molecule has 4 N–H and O–H groups in total. The molecule has 0 unspecified atom stereocenters. The van der Waals surface area contributed by atoms with Crippen LogP contribution < -0.4 is 21.3 Å². The van der Waals surface area contributed by atoms with Crippen molar-refractivity contribution in [2.24, 2.45) is 5.73 Å². The van der Waals surface area contributed by atoms with E-state index in [9.17, 15) is 4.79 Å². The molecule has 0 amide bonds. The number of aromatic nitrogens is 2. The number of hydrogen-bond donors (Lipinski definition) is 3. The lowest BCUT2D eigenvalue weighted by Gasteiger charge is -2.09. The van der Waals surface area contributed by atoms with Gasteiger partial charge in [-0.1, -0.05) is 6.07 Å². The fourth-order valence-corrected chi connectivity index (χ4v) is 2.08. The molecule has 0 atom stereocenters. The number of benzene rings is 1. The van der Waals surface area contributed by atoms with E-state index in [1.54, 1.807) is 0 Å². The Bertz CT molecular complexity index is 679. The molecule has 3 rings (SSSR count). The van der Waals surface area contributed by atoms with Gasteiger partial charge in [-0.3, -0.25) is 4.79 Å². The van der Waals surface area contributed by atoms with Crippen LogP contribution in [-0.4, -0.2) is 23.1 Å². The molecule has 1 heterocycles. The molecule has 1 aliphatic rings. The van der Waals surface area contributed by atoms with Crippen molar-refractivity contribution in [3.63, 3.8) is 0 Å². The first-order valence-corrected chi connectivity index (χ1v) is 7.06. The van der Waals surface area contributed by atoms with Gasteiger partial charge >= 0.3 is 0 Å². The van der Waals surface area contributed by atoms with Gasteiger partial charge in [0, 0.05) is 30.3 Å². The summed E-state index contributed by atoms with van der Waals surface area (Å²) in [7, 11) is 0. The fourth-order valence-electron chi connectivity index (χ4n) is 2.08. The van der Waals surface area contributed by atoms with Gasteiger partial charge in [0.1, 0.15) is 24.0 Å². The van der Waals surface area contributed by atoms with Gasteiger partial charge in [0.25, 0.3) is 5.56 Å². The largest absolute Gasteiger partial charge is 0.492 e. The molecule has 0 bridgehead atoms. The van der Waals surface area contributed by atoms with Crippen LogP contribution in [0.1, 0.15) is 24.6 Å². The third-order valence-electron chi connectivity index (χ3n) is 3.22. The summed E-state index contributed by atoms with van der Waals surface area (Å²) in [6.07, 6.45) is 2.18. The maximum absolute atomic E-state index is 11.7. The minimum atomic E-state index is -0.134. The summed E-state index contributed by atoms with van der Waals surface area (Å²) in [4.78, 5) is 18.9. The van der Waals surface area contributed by atoms with Crippen molar-refractivity contribution < 1.29 is 4.74 Å². The van der Waals surface area contributed by atoms with Crippen LogP contribution >= 0.6 is 0 Å². The second-order valence-electron chi connectivity index (χ2n) is 5.08. The molecule has 1 aliphatic carbocycles. The van der Waals surface area contributed by atoms with Crippen LogP contribution in [0.5, 0.6) is 5.75 Å². The standard InChI is InChI=1S/C15H18N4O2/c16-6-7-21-12-3-1-2-11(8-12)17-13-9-14(20)19-15(18-13)10-4-5-10/h1-3,8-10H,4-7,16H2,(H2,17,18,19,20). The van der Waals surface area contributed by atoms with E-state index in [0.29, 0.717) is 24.9 Å². The van der Waals surface area contributed by atoms with E-state index in [1.165, 1.54) is 6.07 Å². The number of rotatable bonds is 6. The van der Waals surface area contributed by atoms with E-state index in [2.05, 4.69) is 15.3 Å². The molecule has 1 aromatic heterocycles. The fraction of sp³-hybridized carbons (Fsp3) is 0.333. The molecular formula is C15H18N4O2. The van der Waals surface area contributed by atoms with E-state index >= 15 is 0 Å². The third kappa shape index (κ3) is 3.61. The Morgan fingerprint density at radius 1 is 1.38 bits per heavy atom.